The zero-order valence-electron chi connectivity index (χ0n) is 15.6. The van der Waals surface area contributed by atoms with Crippen molar-refractivity contribution in [3.63, 3.8) is 0 Å². The minimum atomic E-state index is 0.0199. The molecule has 0 bridgehead atoms. The maximum atomic E-state index is 13.1. The first-order valence-electron chi connectivity index (χ1n) is 9.21. The molecule has 0 saturated heterocycles. The molecular weight excluding hydrogens is 368 g/mol. The van der Waals surface area contributed by atoms with E-state index in [9.17, 15) is 4.79 Å². The van der Waals surface area contributed by atoms with Gasteiger partial charge in [-0.15, -0.1) is 0 Å². The van der Waals surface area contributed by atoms with Gasteiger partial charge in [0.2, 0.25) is 0 Å². The number of aromatic nitrogens is 1. The lowest BCUT2D eigenvalue weighted by Gasteiger charge is -2.29. The predicted octanol–water partition coefficient (Wildman–Crippen LogP) is 4.64. The lowest BCUT2D eigenvalue weighted by atomic mass is 9.98. The van der Waals surface area contributed by atoms with Crippen molar-refractivity contribution in [2.24, 2.45) is 0 Å². The largest absolute Gasteiger partial charge is 0.334 e. The van der Waals surface area contributed by atoms with Crippen LogP contribution in [-0.2, 0) is 13.0 Å². The second kappa shape index (κ2) is 7.88. The number of pyridine rings is 1. The normalized spacial score (nSPS) is 12.7. The summed E-state index contributed by atoms with van der Waals surface area (Å²) < 4.78 is 0. The van der Waals surface area contributed by atoms with Gasteiger partial charge in [-0.3, -0.25) is 4.79 Å². The highest BCUT2D eigenvalue weighted by molar-refractivity contribution is 6.31. The minimum absolute atomic E-state index is 0.0199. The van der Waals surface area contributed by atoms with Crippen molar-refractivity contribution < 1.29 is 4.79 Å². The number of fused-ring (bicyclic) bond motifs is 1. The Morgan fingerprint density at radius 2 is 2.00 bits per heavy atom. The summed E-state index contributed by atoms with van der Waals surface area (Å²) in [5, 5.41) is 0.784. The number of carbonyl (C=O) groups excluding carboxylic acids is 1. The van der Waals surface area contributed by atoms with Crippen LogP contribution in [0.5, 0.6) is 0 Å². The van der Waals surface area contributed by atoms with E-state index in [4.69, 9.17) is 11.6 Å². The first-order valence-corrected chi connectivity index (χ1v) is 9.59. The van der Waals surface area contributed by atoms with Crippen molar-refractivity contribution in [3.8, 4) is 11.8 Å². The van der Waals surface area contributed by atoms with E-state index in [2.05, 4.69) is 16.8 Å². The van der Waals surface area contributed by atoms with E-state index in [1.54, 1.807) is 6.20 Å². The van der Waals surface area contributed by atoms with Crippen LogP contribution in [-0.4, -0.2) is 22.3 Å². The summed E-state index contributed by atoms with van der Waals surface area (Å²) in [6.45, 7) is 3.24. The van der Waals surface area contributed by atoms with Crippen molar-refractivity contribution in [2.75, 3.05) is 6.54 Å². The molecule has 138 valence electrons. The van der Waals surface area contributed by atoms with Gasteiger partial charge in [0.05, 0.1) is 0 Å². The Kier molecular flexibility index (Phi) is 5.14. The van der Waals surface area contributed by atoms with Crippen LogP contribution in [0.15, 0.2) is 60.8 Å². The van der Waals surface area contributed by atoms with E-state index >= 15 is 0 Å². The number of carbonyl (C=O) groups is 1. The molecule has 0 fully saturated rings. The number of nitrogens with zero attached hydrogens (tertiary/aromatic N) is 2. The molecule has 0 aliphatic carbocycles. The summed E-state index contributed by atoms with van der Waals surface area (Å²) in [7, 11) is 0. The number of amides is 1. The van der Waals surface area contributed by atoms with E-state index in [-0.39, 0.29) is 5.91 Å². The Morgan fingerprint density at radius 1 is 1.11 bits per heavy atom. The van der Waals surface area contributed by atoms with E-state index in [1.165, 1.54) is 0 Å². The summed E-state index contributed by atoms with van der Waals surface area (Å²) in [6.07, 6.45) is 2.50. The molecule has 3 nitrogen and oxygen atoms in total. The number of hydrogen-bond donors (Lipinski definition) is 0. The number of aryl methyl sites for hydroxylation is 1. The topological polar surface area (TPSA) is 33.2 Å². The molecule has 0 N–H and O–H groups in total. The molecule has 0 atom stereocenters. The second-order valence-electron chi connectivity index (χ2n) is 6.85. The zero-order valence-corrected chi connectivity index (χ0v) is 16.3. The zero-order chi connectivity index (χ0) is 19.5. The number of rotatable bonds is 1. The predicted molar refractivity (Wildman–Crippen MR) is 111 cm³/mol. The summed E-state index contributed by atoms with van der Waals surface area (Å²) in [6, 6.07) is 17.2. The molecule has 3 aromatic rings. The molecule has 4 heteroatoms. The first-order chi connectivity index (χ1) is 13.6. The quantitative estimate of drug-likeness (QED) is 0.571. The van der Waals surface area contributed by atoms with Gasteiger partial charge in [-0.25, -0.2) is 4.98 Å². The van der Waals surface area contributed by atoms with Crippen LogP contribution >= 0.6 is 11.6 Å². The van der Waals surface area contributed by atoms with Crippen molar-refractivity contribution >= 4 is 17.5 Å². The number of halogens is 1. The minimum Gasteiger partial charge on any atom is -0.334 e. The third-order valence-electron chi connectivity index (χ3n) is 4.97. The third kappa shape index (κ3) is 3.78. The smallest absolute Gasteiger partial charge is 0.254 e. The molecule has 28 heavy (non-hydrogen) atoms. The first kappa shape index (κ1) is 18.3. The monoisotopic (exact) mass is 386 g/mol. The summed E-state index contributed by atoms with van der Waals surface area (Å²) in [5.41, 5.74) is 5.52. The summed E-state index contributed by atoms with van der Waals surface area (Å²) in [5.74, 6) is 6.24. The average molecular weight is 387 g/mol. The molecule has 0 unspecified atom stereocenters. The van der Waals surface area contributed by atoms with Crippen LogP contribution in [0, 0.1) is 18.8 Å². The lowest BCUT2D eigenvalue weighted by Crippen LogP contribution is -2.36. The third-order valence-corrected chi connectivity index (χ3v) is 5.32. The van der Waals surface area contributed by atoms with Gasteiger partial charge in [-0.05, 0) is 66.3 Å². The SMILES string of the molecule is Cc1ccc(C(=O)N2CCc3c(Cl)cccc3C2)cc1C#Cc1ccccn1. The van der Waals surface area contributed by atoms with Gasteiger partial charge < -0.3 is 4.90 Å². The Balaban J connectivity index is 1.58. The highest BCUT2D eigenvalue weighted by atomic mass is 35.5. The molecular formula is C24H19ClN2O. The van der Waals surface area contributed by atoms with Gasteiger partial charge in [-0.1, -0.05) is 41.8 Å². The number of benzene rings is 2. The molecule has 4 rings (SSSR count). The Hall–Kier alpha value is -3.09. The van der Waals surface area contributed by atoms with Gasteiger partial charge >= 0.3 is 0 Å². The van der Waals surface area contributed by atoms with Gasteiger partial charge in [0.15, 0.2) is 0 Å². The van der Waals surface area contributed by atoms with E-state index in [0.717, 1.165) is 33.7 Å². The molecule has 2 heterocycles. The Labute approximate surface area is 170 Å². The molecule has 0 spiro atoms. The van der Waals surface area contributed by atoms with Gasteiger partial charge in [-0.2, -0.15) is 0 Å². The van der Waals surface area contributed by atoms with Crippen molar-refractivity contribution in [1.82, 2.24) is 9.88 Å². The summed E-state index contributed by atoms with van der Waals surface area (Å²) >= 11 is 6.29. The average Bonchev–Trinajstić information content (AvgIpc) is 2.73. The van der Waals surface area contributed by atoms with Crippen molar-refractivity contribution in [2.45, 2.75) is 19.9 Å². The van der Waals surface area contributed by atoms with Crippen molar-refractivity contribution in [1.29, 1.82) is 0 Å². The lowest BCUT2D eigenvalue weighted by molar-refractivity contribution is 0.0734. The van der Waals surface area contributed by atoms with Gasteiger partial charge in [0.1, 0.15) is 5.69 Å². The van der Waals surface area contributed by atoms with Crippen LogP contribution in [0.3, 0.4) is 0 Å². The maximum Gasteiger partial charge on any atom is 0.254 e. The maximum absolute atomic E-state index is 13.1. The fraction of sp³-hybridized carbons (Fsp3) is 0.167. The van der Waals surface area contributed by atoms with Crippen LogP contribution in [0.2, 0.25) is 5.02 Å². The highest BCUT2D eigenvalue weighted by Crippen LogP contribution is 2.27. The molecule has 1 aliphatic rings. The Bertz CT molecular complexity index is 1100. The number of hydrogen-bond acceptors (Lipinski definition) is 2. The van der Waals surface area contributed by atoms with E-state index in [0.29, 0.717) is 24.3 Å². The summed E-state index contributed by atoms with van der Waals surface area (Å²) in [4.78, 5) is 19.2. The fourth-order valence-electron chi connectivity index (χ4n) is 3.38. The van der Waals surface area contributed by atoms with Gasteiger partial charge in [0.25, 0.3) is 5.91 Å². The van der Waals surface area contributed by atoms with E-state index < -0.39 is 0 Å². The molecule has 0 saturated carbocycles. The highest BCUT2D eigenvalue weighted by Gasteiger charge is 2.23. The standard InChI is InChI=1S/C24H19ClN2O/c1-17-8-9-19(15-18(17)10-11-21-6-2-3-13-26-21)24(28)27-14-12-22-20(16-27)5-4-7-23(22)25/h2-9,13,15H,12,14,16H2,1H3. The van der Waals surface area contributed by atoms with Crippen LogP contribution in [0.4, 0.5) is 0 Å². The van der Waals surface area contributed by atoms with Crippen LogP contribution in [0.25, 0.3) is 0 Å². The van der Waals surface area contributed by atoms with Gasteiger partial charge in [0, 0.05) is 35.4 Å². The molecule has 2 aromatic carbocycles. The second-order valence-corrected chi connectivity index (χ2v) is 7.26. The molecule has 1 amide bonds. The molecule has 0 radical (unpaired) electrons. The van der Waals surface area contributed by atoms with Crippen molar-refractivity contribution in [3.05, 3.63) is 99.3 Å². The Morgan fingerprint density at radius 3 is 2.82 bits per heavy atom. The van der Waals surface area contributed by atoms with Crippen LogP contribution < -0.4 is 0 Å². The molecule has 1 aliphatic heterocycles. The van der Waals surface area contributed by atoms with Crippen LogP contribution in [0.1, 0.15) is 38.3 Å². The molecule has 1 aromatic heterocycles. The fourth-order valence-corrected chi connectivity index (χ4v) is 3.67. The van der Waals surface area contributed by atoms with E-state index in [1.807, 2.05) is 66.4 Å².